The molecule has 2 N–H and O–H groups in total. The Balaban J connectivity index is 0.00000208. The van der Waals surface area contributed by atoms with Gasteiger partial charge in [-0.2, -0.15) is 0 Å². The van der Waals surface area contributed by atoms with Gasteiger partial charge in [0.15, 0.2) is 0 Å². The Bertz CT molecular complexity index is 693. The fourth-order valence-corrected chi connectivity index (χ4v) is 2.51. The van der Waals surface area contributed by atoms with E-state index >= 15 is 0 Å². The van der Waals surface area contributed by atoms with Crippen molar-refractivity contribution < 1.29 is 13.9 Å². The van der Waals surface area contributed by atoms with Crippen molar-refractivity contribution in [3.05, 3.63) is 54.0 Å². The number of carbonyl (C=O) groups excluding carboxylic acids is 1. The second-order valence-corrected chi connectivity index (χ2v) is 5.39. The average molecular weight is 352 g/mol. The van der Waals surface area contributed by atoms with E-state index in [1.54, 1.807) is 24.4 Å². The summed E-state index contributed by atoms with van der Waals surface area (Å²) >= 11 is 0. The van der Waals surface area contributed by atoms with Crippen LogP contribution in [0.4, 0.5) is 4.39 Å². The molecule has 5 nitrogen and oxygen atoms in total. The first-order chi connectivity index (χ1) is 11.2. The zero-order valence-electron chi connectivity index (χ0n) is 13.0. The van der Waals surface area contributed by atoms with Crippen molar-refractivity contribution in [3.8, 4) is 11.6 Å². The van der Waals surface area contributed by atoms with Crippen LogP contribution in [0.15, 0.2) is 42.6 Å². The smallest absolute Gasteiger partial charge is 0.237 e. The Kier molecular flexibility index (Phi) is 6.52. The number of hydrogen-bond acceptors (Lipinski definition) is 4. The second kappa shape index (κ2) is 8.61. The lowest BCUT2D eigenvalue weighted by Gasteiger charge is -2.13. The highest BCUT2D eigenvalue weighted by Crippen LogP contribution is 2.23. The van der Waals surface area contributed by atoms with Crippen LogP contribution in [0.25, 0.3) is 0 Å². The molecule has 24 heavy (non-hydrogen) atoms. The summed E-state index contributed by atoms with van der Waals surface area (Å²) in [5.74, 6) is 0.329. The van der Waals surface area contributed by atoms with Crippen LogP contribution in [0.5, 0.6) is 11.6 Å². The molecular weight excluding hydrogens is 333 g/mol. The minimum Gasteiger partial charge on any atom is -0.439 e. The van der Waals surface area contributed by atoms with Gasteiger partial charge in [-0.25, -0.2) is 9.37 Å². The largest absolute Gasteiger partial charge is 0.439 e. The molecule has 3 rings (SSSR count). The van der Waals surface area contributed by atoms with Crippen LogP contribution in [0, 0.1) is 5.82 Å². The number of nitrogens with one attached hydrogen (secondary N) is 2. The lowest BCUT2D eigenvalue weighted by atomic mass is 10.2. The SMILES string of the molecule is Cl.O=C(NCc1cccnc1Oc1cccc(F)c1)C1CCCN1. The zero-order valence-corrected chi connectivity index (χ0v) is 13.8. The number of amides is 1. The van der Waals surface area contributed by atoms with E-state index in [9.17, 15) is 9.18 Å². The molecule has 1 fully saturated rings. The van der Waals surface area contributed by atoms with Gasteiger partial charge >= 0.3 is 0 Å². The Labute approximate surface area is 146 Å². The van der Waals surface area contributed by atoms with Crippen molar-refractivity contribution in [2.45, 2.75) is 25.4 Å². The van der Waals surface area contributed by atoms with E-state index in [0.717, 1.165) is 24.9 Å². The van der Waals surface area contributed by atoms with Crippen LogP contribution in [0.3, 0.4) is 0 Å². The maximum atomic E-state index is 13.2. The van der Waals surface area contributed by atoms with Crippen molar-refractivity contribution in [1.29, 1.82) is 0 Å². The fraction of sp³-hybridized carbons (Fsp3) is 0.294. The van der Waals surface area contributed by atoms with Gasteiger partial charge in [0.25, 0.3) is 0 Å². The average Bonchev–Trinajstić information content (AvgIpc) is 3.08. The predicted molar refractivity (Wildman–Crippen MR) is 90.8 cm³/mol. The van der Waals surface area contributed by atoms with Crippen LogP contribution < -0.4 is 15.4 Å². The highest BCUT2D eigenvalue weighted by Gasteiger charge is 2.21. The molecule has 0 aliphatic carbocycles. The first-order valence-electron chi connectivity index (χ1n) is 7.61. The van der Waals surface area contributed by atoms with Gasteiger partial charge in [-0.15, -0.1) is 12.4 Å². The molecule has 0 radical (unpaired) electrons. The minimum absolute atomic E-state index is 0. The van der Waals surface area contributed by atoms with Gasteiger partial charge in [0.1, 0.15) is 11.6 Å². The van der Waals surface area contributed by atoms with Gasteiger partial charge < -0.3 is 15.4 Å². The third-order valence-corrected chi connectivity index (χ3v) is 3.69. The van der Waals surface area contributed by atoms with Crippen LogP contribution >= 0.6 is 12.4 Å². The molecule has 1 aromatic heterocycles. The number of nitrogens with zero attached hydrogens (tertiary/aromatic N) is 1. The van der Waals surface area contributed by atoms with Gasteiger partial charge in [0, 0.05) is 24.4 Å². The van der Waals surface area contributed by atoms with E-state index in [0.29, 0.717) is 18.2 Å². The van der Waals surface area contributed by atoms with Crippen LogP contribution in [-0.4, -0.2) is 23.5 Å². The Morgan fingerprint density at radius 1 is 1.38 bits per heavy atom. The number of benzene rings is 1. The third kappa shape index (κ3) is 4.66. The number of aromatic nitrogens is 1. The highest BCUT2D eigenvalue weighted by atomic mass is 35.5. The van der Waals surface area contributed by atoms with Gasteiger partial charge in [0.05, 0.1) is 6.04 Å². The maximum absolute atomic E-state index is 13.2. The number of ether oxygens (including phenoxy) is 1. The summed E-state index contributed by atoms with van der Waals surface area (Å²) in [4.78, 5) is 16.2. The summed E-state index contributed by atoms with van der Waals surface area (Å²) in [5.41, 5.74) is 0.739. The molecule has 7 heteroatoms. The minimum atomic E-state index is -0.374. The summed E-state index contributed by atoms with van der Waals surface area (Å²) in [6, 6.07) is 9.33. The Hall–Kier alpha value is -2.18. The standard InChI is InChI=1S/C17H18FN3O2.ClH/c18-13-5-1-6-14(10-13)23-17-12(4-2-9-20-17)11-21-16(22)15-7-3-8-19-15;/h1-2,4-6,9-10,15,19H,3,7-8,11H2,(H,21,22);1H. The third-order valence-electron chi connectivity index (χ3n) is 3.69. The summed E-state index contributed by atoms with van der Waals surface area (Å²) < 4.78 is 18.9. The number of hydrogen-bond donors (Lipinski definition) is 2. The molecule has 0 bridgehead atoms. The van der Waals surface area contributed by atoms with E-state index in [2.05, 4.69) is 15.6 Å². The van der Waals surface area contributed by atoms with E-state index in [1.807, 2.05) is 6.07 Å². The molecule has 1 amide bonds. The molecule has 1 atom stereocenters. The Morgan fingerprint density at radius 2 is 2.25 bits per heavy atom. The molecule has 1 unspecified atom stereocenters. The van der Waals surface area contributed by atoms with E-state index in [-0.39, 0.29) is 30.2 Å². The van der Waals surface area contributed by atoms with Crippen LogP contribution in [0.1, 0.15) is 18.4 Å². The molecule has 0 saturated carbocycles. The molecule has 2 aromatic rings. The van der Waals surface area contributed by atoms with E-state index < -0.39 is 0 Å². The summed E-state index contributed by atoms with van der Waals surface area (Å²) in [6.07, 6.45) is 3.46. The topological polar surface area (TPSA) is 63.2 Å². The highest BCUT2D eigenvalue weighted by molar-refractivity contribution is 5.85. The van der Waals surface area contributed by atoms with E-state index in [4.69, 9.17) is 4.74 Å². The van der Waals surface area contributed by atoms with Crippen molar-refractivity contribution >= 4 is 18.3 Å². The first-order valence-corrected chi connectivity index (χ1v) is 7.61. The zero-order chi connectivity index (χ0) is 16.1. The lowest BCUT2D eigenvalue weighted by molar-refractivity contribution is -0.122. The number of halogens is 2. The van der Waals surface area contributed by atoms with E-state index in [1.165, 1.54) is 12.1 Å². The molecule has 2 heterocycles. The number of rotatable bonds is 5. The van der Waals surface area contributed by atoms with Gasteiger partial charge in [-0.1, -0.05) is 12.1 Å². The van der Waals surface area contributed by atoms with Crippen LogP contribution in [-0.2, 0) is 11.3 Å². The molecule has 1 aliphatic heterocycles. The molecule has 0 spiro atoms. The van der Waals surface area contributed by atoms with Crippen molar-refractivity contribution in [1.82, 2.24) is 15.6 Å². The lowest BCUT2D eigenvalue weighted by Crippen LogP contribution is -2.40. The monoisotopic (exact) mass is 351 g/mol. The summed E-state index contributed by atoms with van der Waals surface area (Å²) in [7, 11) is 0. The van der Waals surface area contributed by atoms with Crippen molar-refractivity contribution in [2.75, 3.05) is 6.54 Å². The quantitative estimate of drug-likeness (QED) is 0.869. The van der Waals surface area contributed by atoms with Crippen LogP contribution in [0.2, 0.25) is 0 Å². The fourth-order valence-electron chi connectivity index (χ4n) is 2.51. The molecule has 128 valence electrons. The number of pyridine rings is 1. The summed E-state index contributed by atoms with van der Waals surface area (Å²) in [5, 5.41) is 6.04. The maximum Gasteiger partial charge on any atom is 0.237 e. The Morgan fingerprint density at radius 3 is 3.00 bits per heavy atom. The molecule has 1 aliphatic rings. The molecule has 1 saturated heterocycles. The van der Waals surface area contributed by atoms with Gasteiger partial charge in [-0.3, -0.25) is 4.79 Å². The number of carbonyl (C=O) groups is 1. The predicted octanol–water partition coefficient (Wildman–Crippen LogP) is 2.80. The second-order valence-electron chi connectivity index (χ2n) is 5.39. The van der Waals surface area contributed by atoms with Crippen molar-refractivity contribution in [2.24, 2.45) is 0 Å². The van der Waals surface area contributed by atoms with Crippen molar-refractivity contribution in [3.63, 3.8) is 0 Å². The molecular formula is C17H19ClFN3O2. The first kappa shape index (κ1) is 18.2. The normalized spacial score (nSPS) is 16.3. The molecule has 1 aromatic carbocycles. The van der Waals surface area contributed by atoms with Gasteiger partial charge in [0.2, 0.25) is 11.8 Å². The van der Waals surface area contributed by atoms with Gasteiger partial charge in [-0.05, 0) is 37.6 Å². The summed E-state index contributed by atoms with van der Waals surface area (Å²) in [6.45, 7) is 1.19.